The van der Waals surface area contributed by atoms with Crippen molar-refractivity contribution in [2.24, 2.45) is 5.92 Å². The molecule has 1 fully saturated rings. The Hall–Kier alpha value is -1.63. The first-order valence-electron chi connectivity index (χ1n) is 8.89. The maximum Gasteiger partial charge on any atom is 0.266 e. The molecule has 0 saturated carbocycles. The molecule has 0 bridgehead atoms. The number of carbonyl (C=O) groups excluding carboxylic acids is 1. The molecule has 5 nitrogen and oxygen atoms in total. The zero-order valence-corrected chi connectivity index (χ0v) is 16.6. The molecule has 140 valence electrons. The van der Waals surface area contributed by atoms with Gasteiger partial charge >= 0.3 is 0 Å². The summed E-state index contributed by atoms with van der Waals surface area (Å²) in [5.74, 6) is 1.21. The van der Waals surface area contributed by atoms with E-state index in [4.69, 9.17) is 16.3 Å². The Bertz CT molecular complexity index is 727. The van der Waals surface area contributed by atoms with Gasteiger partial charge in [-0.1, -0.05) is 18.5 Å². The first-order valence-corrected chi connectivity index (χ1v) is 10.1. The molecule has 1 aliphatic rings. The van der Waals surface area contributed by atoms with Gasteiger partial charge in [0, 0.05) is 16.9 Å². The lowest BCUT2D eigenvalue weighted by Crippen LogP contribution is -2.32. The standard InChI is InChI=1S/C19H24ClN3O2S/c1-13-7-9-23(10-8-13)11-16-12-26-19(21-16)22-18(24)14(2)25-17-5-3-15(20)4-6-17/h3-6,12-14H,7-11H2,1-2H3,(H,21,22,24)/t14-/m0/s1. The zero-order valence-electron chi connectivity index (χ0n) is 15.1. The number of aromatic nitrogens is 1. The van der Waals surface area contributed by atoms with E-state index >= 15 is 0 Å². The van der Waals surface area contributed by atoms with E-state index in [1.807, 2.05) is 5.38 Å². The highest BCUT2D eigenvalue weighted by Gasteiger charge is 2.19. The molecule has 1 amide bonds. The number of hydrogen-bond donors (Lipinski definition) is 1. The highest BCUT2D eigenvalue weighted by Crippen LogP contribution is 2.22. The average Bonchev–Trinajstić information content (AvgIpc) is 3.06. The number of hydrogen-bond acceptors (Lipinski definition) is 5. The van der Waals surface area contributed by atoms with Crippen LogP contribution >= 0.6 is 22.9 Å². The molecule has 2 aromatic rings. The van der Waals surface area contributed by atoms with Crippen LogP contribution in [0.4, 0.5) is 5.13 Å². The molecule has 1 aromatic heterocycles. The maximum atomic E-state index is 12.3. The highest BCUT2D eigenvalue weighted by molar-refractivity contribution is 7.13. The Morgan fingerprint density at radius 1 is 1.38 bits per heavy atom. The Kier molecular flexibility index (Phi) is 6.51. The van der Waals surface area contributed by atoms with Gasteiger partial charge in [0.25, 0.3) is 5.91 Å². The van der Waals surface area contributed by atoms with Crippen LogP contribution < -0.4 is 10.1 Å². The number of likely N-dealkylation sites (tertiary alicyclic amines) is 1. The molecule has 0 radical (unpaired) electrons. The van der Waals surface area contributed by atoms with E-state index < -0.39 is 6.10 Å². The second-order valence-corrected chi connectivity index (χ2v) is 8.10. The molecule has 2 heterocycles. The predicted molar refractivity (Wildman–Crippen MR) is 106 cm³/mol. The molecular weight excluding hydrogens is 370 g/mol. The van der Waals surface area contributed by atoms with Gasteiger partial charge in [0.15, 0.2) is 11.2 Å². The Balaban J connectivity index is 1.49. The molecule has 0 unspecified atom stereocenters. The van der Waals surface area contributed by atoms with Crippen LogP contribution in [0, 0.1) is 5.92 Å². The van der Waals surface area contributed by atoms with Crippen molar-refractivity contribution >= 4 is 34.0 Å². The Morgan fingerprint density at radius 3 is 2.77 bits per heavy atom. The fourth-order valence-electron chi connectivity index (χ4n) is 2.86. The number of nitrogens with zero attached hydrogens (tertiary/aromatic N) is 2. The van der Waals surface area contributed by atoms with Crippen molar-refractivity contribution in [2.45, 2.75) is 39.3 Å². The molecule has 1 atom stereocenters. The molecule has 0 spiro atoms. The Labute approximate surface area is 163 Å². The quantitative estimate of drug-likeness (QED) is 0.788. The van der Waals surface area contributed by atoms with Gasteiger partial charge in [-0.2, -0.15) is 0 Å². The second-order valence-electron chi connectivity index (χ2n) is 6.81. The van der Waals surface area contributed by atoms with Crippen molar-refractivity contribution in [3.63, 3.8) is 0 Å². The van der Waals surface area contributed by atoms with E-state index in [0.717, 1.165) is 31.2 Å². The number of amides is 1. The van der Waals surface area contributed by atoms with Crippen LogP contribution in [0.5, 0.6) is 5.75 Å². The summed E-state index contributed by atoms with van der Waals surface area (Å²) in [7, 11) is 0. The van der Waals surface area contributed by atoms with Crippen molar-refractivity contribution in [1.82, 2.24) is 9.88 Å². The summed E-state index contributed by atoms with van der Waals surface area (Å²) in [4.78, 5) is 19.3. The predicted octanol–water partition coefficient (Wildman–Crippen LogP) is 4.43. The van der Waals surface area contributed by atoms with Gasteiger partial charge in [0.05, 0.1) is 5.69 Å². The zero-order chi connectivity index (χ0) is 18.5. The third kappa shape index (κ3) is 5.43. The summed E-state index contributed by atoms with van der Waals surface area (Å²) in [5, 5.41) is 6.09. The third-order valence-electron chi connectivity index (χ3n) is 4.54. The molecule has 1 aliphatic heterocycles. The molecule has 1 saturated heterocycles. The van der Waals surface area contributed by atoms with E-state index in [0.29, 0.717) is 15.9 Å². The number of rotatable bonds is 6. The number of thiazole rings is 1. The van der Waals surface area contributed by atoms with Crippen LogP contribution in [0.3, 0.4) is 0 Å². The summed E-state index contributed by atoms with van der Waals surface area (Å²) in [6.07, 6.45) is 1.87. The minimum atomic E-state index is -0.618. The monoisotopic (exact) mass is 393 g/mol. The number of nitrogens with one attached hydrogen (secondary N) is 1. The van der Waals surface area contributed by atoms with Gasteiger partial charge in [-0.3, -0.25) is 15.0 Å². The van der Waals surface area contributed by atoms with Gasteiger partial charge < -0.3 is 4.74 Å². The van der Waals surface area contributed by atoms with Crippen LogP contribution in [0.2, 0.25) is 5.02 Å². The number of carbonyl (C=O) groups is 1. The van der Waals surface area contributed by atoms with Gasteiger partial charge in [0.2, 0.25) is 0 Å². The van der Waals surface area contributed by atoms with Crippen LogP contribution in [0.15, 0.2) is 29.6 Å². The van der Waals surface area contributed by atoms with Crippen molar-refractivity contribution in [3.8, 4) is 5.75 Å². The number of anilines is 1. The van der Waals surface area contributed by atoms with E-state index in [9.17, 15) is 4.79 Å². The number of benzene rings is 1. The largest absolute Gasteiger partial charge is 0.481 e. The fourth-order valence-corrected chi connectivity index (χ4v) is 3.69. The van der Waals surface area contributed by atoms with Gasteiger partial charge in [-0.05, 0) is 63.0 Å². The topological polar surface area (TPSA) is 54.5 Å². The molecular formula is C19H24ClN3O2S. The van der Waals surface area contributed by atoms with Crippen molar-refractivity contribution in [1.29, 1.82) is 0 Å². The van der Waals surface area contributed by atoms with Gasteiger partial charge in [-0.25, -0.2) is 4.98 Å². The lowest BCUT2D eigenvalue weighted by Gasteiger charge is -2.29. The Morgan fingerprint density at radius 2 is 2.08 bits per heavy atom. The van der Waals surface area contributed by atoms with E-state index in [1.54, 1.807) is 31.2 Å². The second kappa shape index (κ2) is 8.84. The van der Waals surface area contributed by atoms with Crippen molar-refractivity contribution < 1.29 is 9.53 Å². The summed E-state index contributed by atoms with van der Waals surface area (Å²) >= 11 is 7.30. The lowest BCUT2D eigenvalue weighted by atomic mass is 9.99. The van der Waals surface area contributed by atoms with Crippen LogP contribution in [0.1, 0.15) is 32.4 Å². The first-order chi connectivity index (χ1) is 12.5. The fraction of sp³-hybridized carbons (Fsp3) is 0.474. The molecule has 3 rings (SSSR count). The normalized spacial score (nSPS) is 17.0. The third-order valence-corrected chi connectivity index (χ3v) is 5.60. The van der Waals surface area contributed by atoms with Crippen molar-refractivity contribution in [2.75, 3.05) is 18.4 Å². The van der Waals surface area contributed by atoms with Crippen LogP contribution in [-0.4, -0.2) is 35.0 Å². The minimum Gasteiger partial charge on any atom is -0.481 e. The van der Waals surface area contributed by atoms with Crippen molar-refractivity contribution in [3.05, 3.63) is 40.4 Å². The van der Waals surface area contributed by atoms with Gasteiger partial charge in [-0.15, -0.1) is 11.3 Å². The summed E-state index contributed by atoms with van der Waals surface area (Å²) in [5.41, 5.74) is 1.01. The molecule has 26 heavy (non-hydrogen) atoms. The smallest absolute Gasteiger partial charge is 0.266 e. The number of ether oxygens (including phenoxy) is 1. The summed E-state index contributed by atoms with van der Waals surface area (Å²) in [6, 6.07) is 6.95. The van der Waals surface area contributed by atoms with E-state index in [2.05, 4.69) is 22.1 Å². The molecule has 0 aliphatic carbocycles. The summed E-state index contributed by atoms with van der Waals surface area (Å²) in [6.45, 7) is 7.10. The molecule has 7 heteroatoms. The lowest BCUT2D eigenvalue weighted by molar-refractivity contribution is -0.122. The number of piperidine rings is 1. The minimum absolute atomic E-state index is 0.215. The SMILES string of the molecule is CC1CCN(Cc2csc(NC(=O)[C@H](C)Oc3ccc(Cl)cc3)n2)CC1. The average molecular weight is 394 g/mol. The van der Waals surface area contributed by atoms with Crippen LogP contribution in [-0.2, 0) is 11.3 Å². The molecule has 1 aromatic carbocycles. The first kappa shape index (κ1) is 19.1. The molecule has 1 N–H and O–H groups in total. The number of halogens is 1. The highest BCUT2D eigenvalue weighted by atomic mass is 35.5. The van der Waals surface area contributed by atoms with Crippen LogP contribution in [0.25, 0.3) is 0 Å². The van der Waals surface area contributed by atoms with Gasteiger partial charge in [0.1, 0.15) is 5.75 Å². The maximum absolute atomic E-state index is 12.3. The van der Waals surface area contributed by atoms with E-state index in [1.165, 1.54) is 24.2 Å². The van der Waals surface area contributed by atoms with E-state index in [-0.39, 0.29) is 5.91 Å². The summed E-state index contributed by atoms with van der Waals surface area (Å²) < 4.78 is 5.64.